The van der Waals surface area contributed by atoms with Crippen LogP contribution in [-0.2, 0) is 16.4 Å². The largest absolute Gasteiger partial charge is 0.212 e. The van der Waals surface area contributed by atoms with E-state index >= 15 is 0 Å². The van der Waals surface area contributed by atoms with Gasteiger partial charge >= 0.3 is 0 Å². The highest BCUT2D eigenvalue weighted by atomic mass is 32.2. The van der Waals surface area contributed by atoms with Gasteiger partial charge in [0.1, 0.15) is 0 Å². The molecule has 1 aliphatic rings. The van der Waals surface area contributed by atoms with Crippen molar-refractivity contribution in [3.05, 3.63) is 35.9 Å². The molecule has 3 nitrogen and oxygen atoms in total. The van der Waals surface area contributed by atoms with Crippen molar-refractivity contribution in [3.8, 4) is 0 Å². The second-order valence-corrected chi connectivity index (χ2v) is 7.16. The van der Waals surface area contributed by atoms with Crippen molar-refractivity contribution in [2.75, 3.05) is 5.75 Å². The lowest BCUT2D eigenvalue weighted by molar-refractivity contribution is 0.538. The molecule has 1 fully saturated rings. The molecule has 0 amide bonds. The molecule has 0 radical (unpaired) electrons. The predicted molar refractivity (Wildman–Crippen MR) is 73.9 cm³/mol. The number of sulfonamides is 1. The predicted octanol–water partition coefficient (Wildman–Crippen LogP) is 2.34. The molecule has 2 unspecified atom stereocenters. The van der Waals surface area contributed by atoms with Crippen LogP contribution < -0.4 is 4.72 Å². The van der Waals surface area contributed by atoms with Gasteiger partial charge in [0.2, 0.25) is 10.0 Å². The first-order chi connectivity index (χ1) is 8.55. The Morgan fingerprint density at radius 3 is 2.56 bits per heavy atom. The van der Waals surface area contributed by atoms with Gasteiger partial charge in [0, 0.05) is 6.04 Å². The topological polar surface area (TPSA) is 46.2 Å². The van der Waals surface area contributed by atoms with Crippen LogP contribution in [0.15, 0.2) is 30.3 Å². The summed E-state index contributed by atoms with van der Waals surface area (Å²) in [5.74, 6) is 0.828. The van der Waals surface area contributed by atoms with E-state index in [1.165, 1.54) is 0 Å². The van der Waals surface area contributed by atoms with Gasteiger partial charge in [-0.25, -0.2) is 13.1 Å². The summed E-state index contributed by atoms with van der Waals surface area (Å²) in [6, 6.07) is 9.90. The van der Waals surface area contributed by atoms with Crippen molar-refractivity contribution in [2.24, 2.45) is 5.92 Å². The van der Waals surface area contributed by atoms with E-state index < -0.39 is 10.0 Å². The van der Waals surface area contributed by atoms with Crippen LogP contribution >= 0.6 is 0 Å². The maximum atomic E-state index is 12.0. The molecule has 0 bridgehead atoms. The SMILES string of the molecule is CC1CCC(NS(=O)(=O)CCc2ccccc2)C1. The summed E-state index contributed by atoms with van der Waals surface area (Å²) >= 11 is 0. The van der Waals surface area contributed by atoms with Crippen LogP contribution in [0, 0.1) is 5.92 Å². The fourth-order valence-corrected chi connectivity index (χ4v) is 3.87. The molecular formula is C14H21NO2S. The normalized spacial score (nSPS) is 24.3. The Morgan fingerprint density at radius 1 is 1.22 bits per heavy atom. The number of nitrogens with one attached hydrogen (secondary N) is 1. The van der Waals surface area contributed by atoms with Crippen molar-refractivity contribution in [3.63, 3.8) is 0 Å². The van der Waals surface area contributed by atoms with Gasteiger partial charge in [-0.3, -0.25) is 0 Å². The standard InChI is InChI=1S/C14H21NO2S/c1-12-7-8-14(11-12)15-18(16,17)10-9-13-5-3-2-4-6-13/h2-6,12,14-15H,7-11H2,1H3. The minimum absolute atomic E-state index is 0.153. The summed E-state index contributed by atoms with van der Waals surface area (Å²) in [5.41, 5.74) is 1.07. The van der Waals surface area contributed by atoms with E-state index in [4.69, 9.17) is 0 Å². The molecule has 18 heavy (non-hydrogen) atoms. The van der Waals surface area contributed by atoms with E-state index in [0.29, 0.717) is 12.3 Å². The first-order valence-electron chi connectivity index (χ1n) is 6.59. The molecule has 4 heteroatoms. The van der Waals surface area contributed by atoms with E-state index in [1.807, 2.05) is 30.3 Å². The molecule has 2 rings (SSSR count). The Labute approximate surface area is 110 Å². The van der Waals surface area contributed by atoms with Gasteiger partial charge in [-0.1, -0.05) is 37.3 Å². The van der Waals surface area contributed by atoms with E-state index in [1.54, 1.807) is 0 Å². The molecule has 0 aromatic heterocycles. The molecule has 1 N–H and O–H groups in total. The monoisotopic (exact) mass is 267 g/mol. The van der Waals surface area contributed by atoms with Gasteiger partial charge in [0.15, 0.2) is 0 Å². The first-order valence-corrected chi connectivity index (χ1v) is 8.24. The molecule has 2 atom stereocenters. The Balaban J connectivity index is 1.84. The Bertz CT molecular complexity index is 470. The summed E-state index contributed by atoms with van der Waals surface area (Å²) in [5, 5.41) is 0. The Morgan fingerprint density at radius 2 is 1.94 bits per heavy atom. The zero-order chi connectivity index (χ0) is 13.0. The van der Waals surface area contributed by atoms with E-state index in [9.17, 15) is 8.42 Å². The van der Waals surface area contributed by atoms with Crippen LogP contribution in [0.4, 0.5) is 0 Å². The first kappa shape index (κ1) is 13.6. The zero-order valence-electron chi connectivity index (χ0n) is 10.8. The summed E-state index contributed by atoms with van der Waals surface area (Å²) in [7, 11) is -3.14. The third-order valence-corrected chi connectivity index (χ3v) is 4.98. The number of aryl methyl sites for hydroxylation is 1. The minimum atomic E-state index is -3.14. The van der Waals surface area contributed by atoms with Crippen LogP contribution in [0.2, 0.25) is 0 Å². The smallest absolute Gasteiger partial charge is 0.212 e. The van der Waals surface area contributed by atoms with Crippen molar-refractivity contribution < 1.29 is 8.42 Å². The molecule has 0 saturated heterocycles. The lowest BCUT2D eigenvalue weighted by Gasteiger charge is -2.12. The van der Waals surface area contributed by atoms with Crippen LogP contribution in [0.25, 0.3) is 0 Å². The van der Waals surface area contributed by atoms with Gasteiger partial charge < -0.3 is 0 Å². The van der Waals surface area contributed by atoms with Crippen molar-refractivity contribution in [2.45, 2.75) is 38.6 Å². The Kier molecular flexibility index (Phi) is 4.40. The van der Waals surface area contributed by atoms with Gasteiger partial charge in [-0.2, -0.15) is 0 Å². The number of benzene rings is 1. The molecule has 1 aromatic rings. The molecular weight excluding hydrogens is 246 g/mol. The van der Waals surface area contributed by atoms with Crippen molar-refractivity contribution in [1.29, 1.82) is 0 Å². The van der Waals surface area contributed by atoms with Crippen molar-refractivity contribution in [1.82, 2.24) is 4.72 Å². The maximum absolute atomic E-state index is 12.0. The lowest BCUT2D eigenvalue weighted by atomic mass is 10.1. The van der Waals surface area contributed by atoms with Crippen molar-refractivity contribution >= 4 is 10.0 Å². The number of rotatable bonds is 5. The fourth-order valence-electron chi connectivity index (χ4n) is 2.52. The summed E-state index contributed by atoms with van der Waals surface area (Å²) in [6.45, 7) is 2.18. The average Bonchev–Trinajstić information content (AvgIpc) is 2.73. The lowest BCUT2D eigenvalue weighted by Crippen LogP contribution is -2.35. The third kappa shape index (κ3) is 4.10. The Hall–Kier alpha value is -0.870. The zero-order valence-corrected chi connectivity index (χ0v) is 11.6. The van der Waals surface area contributed by atoms with E-state index in [2.05, 4.69) is 11.6 Å². The average molecular weight is 267 g/mol. The molecule has 100 valence electrons. The summed E-state index contributed by atoms with van der Waals surface area (Å²) in [4.78, 5) is 0. The van der Waals surface area contributed by atoms with Gasteiger partial charge in [0.05, 0.1) is 5.75 Å². The van der Waals surface area contributed by atoms with Gasteiger partial charge in [-0.15, -0.1) is 0 Å². The highest BCUT2D eigenvalue weighted by Gasteiger charge is 2.25. The summed E-state index contributed by atoms with van der Waals surface area (Å²) < 4.78 is 26.7. The van der Waals surface area contributed by atoms with Gasteiger partial charge in [-0.05, 0) is 37.2 Å². The van der Waals surface area contributed by atoms with Crippen LogP contribution in [-0.4, -0.2) is 20.2 Å². The molecule has 0 heterocycles. The fraction of sp³-hybridized carbons (Fsp3) is 0.571. The number of hydrogen-bond donors (Lipinski definition) is 1. The maximum Gasteiger partial charge on any atom is 0.212 e. The van der Waals surface area contributed by atoms with Crippen LogP contribution in [0.3, 0.4) is 0 Å². The second-order valence-electron chi connectivity index (χ2n) is 5.29. The highest BCUT2D eigenvalue weighted by Crippen LogP contribution is 2.25. The third-order valence-electron chi connectivity index (χ3n) is 3.54. The molecule has 1 saturated carbocycles. The molecule has 1 aliphatic carbocycles. The van der Waals surface area contributed by atoms with Gasteiger partial charge in [0.25, 0.3) is 0 Å². The highest BCUT2D eigenvalue weighted by molar-refractivity contribution is 7.89. The minimum Gasteiger partial charge on any atom is -0.212 e. The van der Waals surface area contributed by atoms with E-state index in [-0.39, 0.29) is 11.8 Å². The van der Waals surface area contributed by atoms with Crippen LogP contribution in [0.5, 0.6) is 0 Å². The second kappa shape index (κ2) is 5.85. The molecule has 0 aliphatic heterocycles. The quantitative estimate of drug-likeness (QED) is 0.890. The van der Waals surface area contributed by atoms with E-state index in [0.717, 1.165) is 24.8 Å². The summed E-state index contributed by atoms with van der Waals surface area (Å²) in [6.07, 6.45) is 3.67. The molecule has 0 spiro atoms. The van der Waals surface area contributed by atoms with Crippen LogP contribution in [0.1, 0.15) is 31.7 Å². The number of hydrogen-bond acceptors (Lipinski definition) is 2. The molecule has 1 aromatic carbocycles.